The molecule has 17 heavy (non-hydrogen) atoms. The van der Waals surface area contributed by atoms with Gasteiger partial charge >= 0.3 is 0 Å². The molecule has 0 aromatic heterocycles. The minimum atomic E-state index is 0.0484. The highest BCUT2D eigenvalue weighted by molar-refractivity contribution is 5.74. The van der Waals surface area contributed by atoms with E-state index in [2.05, 4.69) is 0 Å². The van der Waals surface area contributed by atoms with Gasteiger partial charge in [-0.3, -0.25) is 4.79 Å². The van der Waals surface area contributed by atoms with Crippen LogP contribution in [0.3, 0.4) is 0 Å². The van der Waals surface area contributed by atoms with Crippen LogP contribution in [-0.4, -0.2) is 42.8 Å². The molecule has 0 fully saturated rings. The third-order valence-electron chi connectivity index (χ3n) is 2.37. The van der Waals surface area contributed by atoms with Gasteiger partial charge in [0.05, 0.1) is 13.2 Å². The van der Waals surface area contributed by atoms with Crippen molar-refractivity contribution in [2.24, 2.45) is 0 Å². The third kappa shape index (κ3) is 4.38. The predicted octanol–water partition coefficient (Wildman–Crippen LogP) is 0.690. The van der Waals surface area contributed by atoms with Gasteiger partial charge in [0.1, 0.15) is 6.29 Å². The van der Waals surface area contributed by atoms with Gasteiger partial charge in [-0.15, -0.1) is 0 Å². The van der Waals surface area contributed by atoms with Crippen LogP contribution in [0.2, 0.25) is 0 Å². The van der Waals surface area contributed by atoms with Crippen molar-refractivity contribution >= 4 is 18.0 Å². The Labute approximate surface area is 101 Å². The Morgan fingerprint density at radius 3 is 2.12 bits per heavy atom. The van der Waals surface area contributed by atoms with Gasteiger partial charge in [0.15, 0.2) is 0 Å². The molecule has 4 nitrogen and oxygen atoms in total. The monoisotopic (exact) mass is 235 g/mol. The first-order valence-electron chi connectivity index (χ1n) is 5.50. The zero-order chi connectivity index (χ0) is 12.5. The lowest BCUT2D eigenvalue weighted by molar-refractivity contribution is -0.104. The topological polar surface area (TPSA) is 60.8 Å². The molecule has 1 aromatic carbocycles. The van der Waals surface area contributed by atoms with Crippen LogP contribution in [0.1, 0.15) is 5.56 Å². The lowest BCUT2D eigenvalue weighted by atomic mass is 10.2. The predicted molar refractivity (Wildman–Crippen MR) is 67.9 cm³/mol. The summed E-state index contributed by atoms with van der Waals surface area (Å²) in [6.45, 7) is 1.08. The minimum absolute atomic E-state index is 0.0484. The zero-order valence-corrected chi connectivity index (χ0v) is 9.62. The number of carbonyl (C=O) groups is 1. The summed E-state index contributed by atoms with van der Waals surface area (Å²) in [5.74, 6) is 0. The van der Waals surface area contributed by atoms with E-state index in [-0.39, 0.29) is 13.2 Å². The molecule has 0 radical (unpaired) electrons. The molecule has 0 bridgehead atoms. The van der Waals surface area contributed by atoms with Gasteiger partial charge in [-0.1, -0.05) is 18.2 Å². The van der Waals surface area contributed by atoms with Crippen LogP contribution in [0, 0.1) is 0 Å². The van der Waals surface area contributed by atoms with Crippen molar-refractivity contribution in [1.29, 1.82) is 0 Å². The molecule has 1 rings (SSSR count). The number of aldehydes is 1. The summed E-state index contributed by atoms with van der Waals surface area (Å²) < 4.78 is 0. The summed E-state index contributed by atoms with van der Waals surface area (Å²) in [6.07, 6.45) is 3.89. The summed E-state index contributed by atoms with van der Waals surface area (Å²) in [6, 6.07) is 7.57. The Bertz CT molecular complexity index is 353. The molecule has 0 aliphatic heterocycles. The molecular weight excluding hydrogens is 218 g/mol. The first-order chi connectivity index (χ1) is 8.31. The van der Waals surface area contributed by atoms with Crippen molar-refractivity contribution in [3.05, 3.63) is 35.9 Å². The number of nitrogens with zero attached hydrogens (tertiary/aromatic N) is 1. The Kier molecular flexibility index (Phi) is 5.99. The lowest BCUT2D eigenvalue weighted by Gasteiger charge is -2.22. The maximum atomic E-state index is 10.2. The molecule has 0 aliphatic rings. The molecule has 92 valence electrons. The van der Waals surface area contributed by atoms with Crippen LogP contribution in [0.4, 0.5) is 5.69 Å². The summed E-state index contributed by atoms with van der Waals surface area (Å²) in [4.78, 5) is 12.1. The molecule has 0 unspecified atom stereocenters. The average molecular weight is 235 g/mol. The second-order valence-electron chi connectivity index (χ2n) is 3.52. The van der Waals surface area contributed by atoms with Crippen LogP contribution < -0.4 is 4.90 Å². The first kappa shape index (κ1) is 13.4. The van der Waals surface area contributed by atoms with Gasteiger partial charge in [0, 0.05) is 18.8 Å². The van der Waals surface area contributed by atoms with Crippen LogP contribution in [0.15, 0.2) is 30.3 Å². The van der Waals surface area contributed by atoms with E-state index in [9.17, 15) is 4.79 Å². The van der Waals surface area contributed by atoms with Gasteiger partial charge in [-0.2, -0.15) is 0 Å². The van der Waals surface area contributed by atoms with E-state index in [0.717, 1.165) is 17.5 Å². The number of allylic oxidation sites excluding steroid dienone is 1. The summed E-state index contributed by atoms with van der Waals surface area (Å²) in [7, 11) is 0. The molecule has 0 saturated carbocycles. The molecule has 0 amide bonds. The van der Waals surface area contributed by atoms with Crippen molar-refractivity contribution in [2.45, 2.75) is 0 Å². The van der Waals surface area contributed by atoms with Crippen molar-refractivity contribution < 1.29 is 15.0 Å². The Hall–Kier alpha value is -1.65. The minimum Gasteiger partial charge on any atom is -0.395 e. The van der Waals surface area contributed by atoms with Gasteiger partial charge in [0.2, 0.25) is 0 Å². The molecule has 0 atom stereocenters. The largest absolute Gasteiger partial charge is 0.395 e. The first-order valence-corrected chi connectivity index (χ1v) is 5.50. The van der Waals surface area contributed by atoms with E-state index in [1.807, 2.05) is 29.2 Å². The van der Waals surface area contributed by atoms with Gasteiger partial charge < -0.3 is 15.1 Å². The Morgan fingerprint density at radius 1 is 1.06 bits per heavy atom. The van der Waals surface area contributed by atoms with Crippen molar-refractivity contribution in [3.8, 4) is 0 Å². The molecule has 0 saturated heterocycles. The second kappa shape index (κ2) is 7.60. The lowest BCUT2D eigenvalue weighted by Crippen LogP contribution is -2.29. The summed E-state index contributed by atoms with van der Waals surface area (Å²) >= 11 is 0. The number of rotatable bonds is 7. The highest BCUT2D eigenvalue weighted by Crippen LogP contribution is 2.15. The molecule has 1 aromatic rings. The molecule has 0 spiro atoms. The maximum absolute atomic E-state index is 10.2. The molecule has 4 heteroatoms. The highest BCUT2D eigenvalue weighted by Gasteiger charge is 2.04. The number of carbonyl (C=O) groups excluding carboxylic acids is 1. The van der Waals surface area contributed by atoms with Gasteiger partial charge in [0.25, 0.3) is 0 Å². The summed E-state index contributed by atoms with van der Waals surface area (Å²) in [5.41, 5.74) is 1.88. The summed E-state index contributed by atoms with van der Waals surface area (Å²) in [5, 5.41) is 17.8. The normalized spacial score (nSPS) is 10.7. The van der Waals surface area contributed by atoms with E-state index in [1.54, 1.807) is 6.08 Å². The number of benzene rings is 1. The fraction of sp³-hybridized carbons (Fsp3) is 0.308. The molecule has 0 aliphatic carbocycles. The third-order valence-corrected chi connectivity index (χ3v) is 2.37. The number of anilines is 1. The smallest absolute Gasteiger partial charge is 0.142 e. The quantitative estimate of drug-likeness (QED) is 0.539. The number of hydrogen-bond acceptors (Lipinski definition) is 4. The fourth-order valence-corrected chi connectivity index (χ4v) is 1.56. The van der Waals surface area contributed by atoms with Crippen molar-refractivity contribution in [3.63, 3.8) is 0 Å². The molecule has 0 heterocycles. The Morgan fingerprint density at radius 2 is 1.65 bits per heavy atom. The van der Waals surface area contributed by atoms with Crippen molar-refractivity contribution in [2.75, 3.05) is 31.2 Å². The van der Waals surface area contributed by atoms with E-state index in [4.69, 9.17) is 10.2 Å². The molecular formula is C13H17NO3. The fourth-order valence-electron chi connectivity index (χ4n) is 1.56. The molecule has 2 N–H and O–H groups in total. The van der Waals surface area contributed by atoms with Crippen molar-refractivity contribution in [1.82, 2.24) is 0 Å². The average Bonchev–Trinajstić information content (AvgIpc) is 2.37. The maximum Gasteiger partial charge on any atom is 0.142 e. The number of hydrogen-bond donors (Lipinski definition) is 2. The standard InChI is InChI=1S/C13H17NO3/c15-9-1-2-12-3-5-13(6-4-12)14(7-10-16)8-11-17/h1-6,9,16-17H,7-8,10-11H2. The van der Waals surface area contributed by atoms with Gasteiger partial charge in [-0.25, -0.2) is 0 Å². The zero-order valence-electron chi connectivity index (χ0n) is 9.62. The van der Waals surface area contributed by atoms with Gasteiger partial charge in [-0.05, 0) is 23.8 Å². The van der Waals surface area contributed by atoms with Crippen LogP contribution in [0.5, 0.6) is 0 Å². The SMILES string of the molecule is O=CC=Cc1ccc(N(CCO)CCO)cc1. The highest BCUT2D eigenvalue weighted by atomic mass is 16.3. The Balaban J connectivity index is 2.76. The number of aliphatic hydroxyl groups is 2. The number of aliphatic hydroxyl groups excluding tert-OH is 2. The van der Waals surface area contributed by atoms with E-state index in [0.29, 0.717) is 13.1 Å². The van der Waals surface area contributed by atoms with Crippen LogP contribution in [-0.2, 0) is 4.79 Å². The van der Waals surface area contributed by atoms with Crippen LogP contribution in [0.25, 0.3) is 6.08 Å². The van der Waals surface area contributed by atoms with E-state index >= 15 is 0 Å². The van der Waals surface area contributed by atoms with E-state index in [1.165, 1.54) is 6.08 Å². The van der Waals surface area contributed by atoms with Crippen LogP contribution >= 0.6 is 0 Å². The second-order valence-corrected chi connectivity index (χ2v) is 3.52. The van der Waals surface area contributed by atoms with E-state index < -0.39 is 0 Å².